The van der Waals surface area contributed by atoms with Gasteiger partial charge in [0.1, 0.15) is 22.8 Å². The van der Waals surface area contributed by atoms with Crippen LogP contribution in [0.25, 0.3) is 0 Å². The predicted molar refractivity (Wildman–Crippen MR) is 131 cm³/mol. The molecular formula is C27H15N7O4. The lowest BCUT2D eigenvalue weighted by Gasteiger charge is -2.14. The van der Waals surface area contributed by atoms with Crippen LogP contribution in [-0.4, -0.2) is 58.3 Å². The number of hydrogen-bond acceptors (Lipinski definition) is 11. The molecule has 11 heteroatoms. The lowest BCUT2D eigenvalue weighted by Crippen LogP contribution is -2.26. The topological polar surface area (TPSA) is 159 Å². The third kappa shape index (κ3) is 4.58. The zero-order valence-electron chi connectivity index (χ0n) is 19.4. The molecule has 11 nitrogen and oxygen atoms in total. The molecule has 0 unspecified atom stereocenters. The molecule has 182 valence electrons. The molecule has 0 saturated heterocycles. The molecule has 5 aromatic rings. The van der Waals surface area contributed by atoms with E-state index in [1.165, 1.54) is 61.4 Å². The summed E-state index contributed by atoms with van der Waals surface area (Å²) in [7, 11) is 0. The normalized spacial score (nSPS) is 10.5. The molecule has 4 aromatic heterocycles. The van der Waals surface area contributed by atoms with E-state index in [1.54, 1.807) is 30.3 Å². The van der Waals surface area contributed by atoms with E-state index in [0.29, 0.717) is 0 Å². The first-order valence-corrected chi connectivity index (χ1v) is 11.1. The van der Waals surface area contributed by atoms with Gasteiger partial charge in [-0.1, -0.05) is 36.4 Å². The number of pyridine rings is 1. The fraction of sp³-hybridized carbons (Fsp3) is 0. The van der Waals surface area contributed by atoms with E-state index in [0.717, 1.165) is 0 Å². The minimum absolute atomic E-state index is 0.0801. The van der Waals surface area contributed by atoms with Gasteiger partial charge in [-0.2, -0.15) is 0 Å². The highest BCUT2D eigenvalue weighted by Gasteiger charge is 2.35. The maximum Gasteiger partial charge on any atom is 0.233 e. The molecule has 0 bridgehead atoms. The summed E-state index contributed by atoms with van der Waals surface area (Å²) in [6, 6.07) is 14.1. The van der Waals surface area contributed by atoms with Crippen molar-refractivity contribution >= 4 is 23.1 Å². The summed E-state index contributed by atoms with van der Waals surface area (Å²) in [4.78, 5) is 74.5. The van der Waals surface area contributed by atoms with Crippen molar-refractivity contribution < 1.29 is 19.2 Å². The van der Waals surface area contributed by atoms with Gasteiger partial charge in [0, 0.05) is 36.5 Å². The molecule has 0 saturated carbocycles. The van der Waals surface area contributed by atoms with Crippen molar-refractivity contribution in [3.63, 3.8) is 0 Å². The van der Waals surface area contributed by atoms with Crippen molar-refractivity contribution in [3.05, 3.63) is 137 Å². The summed E-state index contributed by atoms with van der Waals surface area (Å²) in [5, 5.41) is 7.92. The average molecular weight is 501 g/mol. The Bertz CT molecular complexity index is 1540. The van der Waals surface area contributed by atoms with Crippen LogP contribution in [0, 0.1) is 0 Å². The molecule has 5 rings (SSSR count). The van der Waals surface area contributed by atoms with Crippen molar-refractivity contribution in [1.29, 1.82) is 0 Å². The first-order valence-electron chi connectivity index (χ1n) is 11.1. The van der Waals surface area contributed by atoms with Crippen LogP contribution in [0.15, 0.2) is 91.8 Å². The Morgan fingerprint density at radius 1 is 0.500 bits per heavy atom. The first kappa shape index (κ1) is 24.0. The largest absolute Gasteiger partial charge is 0.287 e. The van der Waals surface area contributed by atoms with E-state index in [-0.39, 0.29) is 22.8 Å². The maximum absolute atomic E-state index is 13.9. The van der Waals surface area contributed by atoms with Gasteiger partial charge in [0.05, 0.1) is 17.3 Å². The molecular weight excluding hydrogens is 486 g/mol. The summed E-state index contributed by atoms with van der Waals surface area (Å²) in [6.07, 6.45) is 7.87. The highest BCUT2D eigenvalue weighted by Crippen LogP contribution is 2.25. The van der Waals surface area contributed by atoms with Gasteiger partial charge in [0.2, 0.25) is 29.0 Å². The SMILES string of the molecule is O=C(c1ccccc1)c1nnc(C(=O)c2cnccn2)c(C(=O)c2ncccn2)c1C(=O)c1ccccn1. The lowest BCUT2D eigenvalue weighted by molar-refractivity contribution is 0.0969. The number of carbonyl (C=O) groups excluding carboxylic acids is 4. The average Bonchev–Trinajstić information content (AvgIpc) is 3.00. The number of ketones is 4. The molecule has 0 spiro atoms. The third-order valence-electron chi connectivity index (χ3n) is 5.36. The number of aromatic nitrogens is 7. The Hall–Kier alpha value is -5.71. The Kier molecular flexibility index (Phi) is 6.63. The second-order valence-electron chi connectivity index (χ2n) is 7.71. The molecule has 0 radical (unpaired) electrons. The molecule has 0 aliphatic rings. The van der Waals surface area contributed by atoms with Crippen LogP contribution in [0.2, 0.25) is 0 Å². The number of nitrogens with zero attached hydrogens (tertiary/aromatic N) is 7. The standard InChI is InChI=1S/C27H15N7O4/c35-23(16-7-2-1-3-8-16)21-19(24(36)17-9-4-5-10-29-17)20(26(38)27-31-11-6-12-32-27)22(34-33-21)25(37)18-15-28-13-14-30-18/h1-15H. The molecule has 0 atom stereocenters. The fourth-order valence-electron chi connectivity index (χ4n) is 3.61. The van der Waals surface area contributed by atoms with Gasteiger partial charge in [-0.05, 0) is 18.2 Å². The van der Waals surface area contributed by atoms with Gasteiger partial charge < -0.3 is 0 Å². The molecule has 0 amide bonds. The van der Waals surface area contributed by atoms with Gasteiger partial charge in [-0.15, -0.1) is 10.2 Å². The minimum atomic E-state index is -0.908. The van der Waals surface area contributed by atoms with Gasteiger partial charge in [-0.25, -0.2) is 15.0 Å². The third-order valence-corrected chi connectivity index (χ3v) is 5.36. The van der Waals surface area contributed by atoms with Crippen molar-refractivity contribution in [1.82, 2.24) is 35.1 Å². The number of hydrogen-bond donors (Lipinski definition) is 0. The van der Waals surface area contributed by atoms with Crippen molar-refractivity contribution in [2.45, 2.75) is 0 Å². The van der Waals surface area contributed by atoms with Gasteiger partial charge in [-0.3, -0.25) is 29.1 Å². The Balaban J connectivity index is 1.83. The maximum atomic E-state index is 13.9. The van der Waals surface area contributed by atoms with Crippen LogP contribution < -0.4 is 0 Å². The highest BCUT2D eigenvalue weighted by atomic mass is 16.1. The highest BCUT2D eigenvalue weighted by molar-refractivity contribution is 6.27. The summed E-state index contributed by atoms with van der Waals surface area (Å²) < 4.78 is 0. The number of rotatable bonds is 8. The first-order chi connectivity index (χ1) is 18.6. The quantitative estimate of drug-likeness (QED) is 0.287. The predicted octanol–water partition coefficient (Wildman–Crippen LogP) is 2.38. The zero-order valence-corrected chi connectivity index (χ0v) is 19.4. The summed E-state index contributed by atoms with van der Waals surface area (Å²) in [6.45, 7) is 0. The smallest absolute Gasteiger partial charge is 0.233 e. The van der Waals surface area contributed by atoms with Crippen molar-refractivity contribution in [2.24, 2.45) is 0 Å². The van der Waals surface area contributed by atoms with E-state index < -0.39 is 45.6 Å². The van der Waals surface area contributed by atoms with Crippen LogP contribution >= 0.6 is 0 Å². The molecule has 0 aliphatic heterocycles. The Morgan fingerprint density at radius 3 is 1.79 bits per heavy atom. The van der Waals surface area contributed by atoms with E-state index in [9.17, 15) is 19.2 Å². The van der Waals surface area contributed by atoms with Crippen LogP contribution in [0.3, 0.4) is 0 Å². The lowest BCUT2D eigenvalue weighted by atomic mass is 9.90. The molecule has 0 N–H and O–H groups in total. The van der Waals surface area contributed by atoms with Crippen LogP contribution in [0.5, 0.6) is 0 Å². The molecule has 0 fully saturated rings. The van der Waals surface area contributed by atoms with Crippen LogP contribution in [-0.2, 0) is 0 Å². The molecule has 1 aromatic carbocycles. The van der Waals surface area contributed by atoms with Crippen molar-refractivity contribution in [2.75, 3.05) is 0 Å². The number of benzene rings is 1. The Labute approximate surface area is 214 Å². The minimum Gasteiger partial charge on any atom is -0.287 e. The summed E-state index contributed by atoms with van der Waals surface area (Å²) in [5.41, 5.74) is -1.91. The van der Waals surface area contributed by atoms with E-state index in [4.69, 9.17) is 0 Å². The Morgan fingerprint density at radius 2 is 1.13 bits per heavy atom. The second kappa shape index (κ2) is 10.5. The van der Waals surface area contributed by atoms with Crippen LogP contribution in [0.4, 0.5) is 0 Å². The zero-order chi connectivity index (χ0) is 26.5. The molecule has 4 heterocycles. The van der Waals surface area contributed by atoms with Crippen molar-refractivity contribution in [3.8, 4) is 0 Å². The summed E-state index contributed by atoms with van der Waals surface area (Å²) in [5.74, 6) is -3.55. The number of carbonyl (C=O) groups is 4. The van der Waals surface area contributed by atoms with Gasteiger partial charge in [0.25, 0.3) is 0 Å². The molecule has 0 aliphatic carbocycles. The van der Waals surface area contributed by atoms with Gasteiger partial charge >= 0.3 is 0 Å². The summed E-state index contributed by atoms with van der Waals surface area (Å²) >= 11 is 0. The molecule has 38 heavy (non-hydrogen) atoms. The van der Waals surface area contributed by atoms with E-state index in [2.05, 4.69) is 35.1 Å². The second-order valence-corrected chi connectivity index (χ2v) is 7.71. The fourth-order valence-corrected chi connectivity index (χ4v) is 3.61. The van der Waals surface area contributed by atoms with Gasteiger partial charge in [0.15, 0.2) is 0 Å². The van der Waals surface area contributed by atoms with E-state index in [1.807, 2.05) is 0 Å². The van der Waals surface area contributed by atoms with E-state index >= 15 is 0 Å². The monoisotopic (exact) mass is 501 g/mol. The van der Waals surface area contributed by atoms with Crippen LogP contribution in [0.1, 0.15) is 64.5 Å².